The number of thioether (sulfide) groups is 1. The number of aromatic nitrogens is 1. The molecule has 0 spiro atoms. The van der Waals surface area contributed by atoms with E-state index in [1.165, 1.54) is 54.5 Å². The largest absolute Gasteiger partial charge is 0.344 e. The van der Waals surface area contributed by atoms with E-state index in [9.17, 15) is 0 Å². The second kappa shape index (κ2) is 9.13. The first-order valence-corrected chi connectivity index (χ1v) is 11.8. The predicted octanol–water partition coefficient (Wildman–Crippen LogP) is 7.25. The van der Waals surface area contributed by atoms with Gasteiger partial charge in [-0.1, -0.05) is 47.8 Å². The van der Waals surface area contributed by atoms with Crippen LogP contribution >= 0.6 is 35.0 Å². The van der Waals surface area contributed by atoms with Crippen molar-refractivity contribution in [2.75, 3.05) is 13.1 Å². The van der Waals surface area contributed by atoms with Crippen molar-refractivity contribution in [1.82, 2.24) is 9.47 Å². The second-order valence-electron chi connectivity index (χ2n) is 7.39. The molecule has 0 N–H and O–H groups in total. The molecule has 0 unspecified atom stereocenters. The molecule has 0 bridgehead atoms. The van der Waals surface area contributed by atoms with E-state index < -0.39 is 0 Å². The van der Waals surface area contributed by atoms with Gasteiger partial charge in [-0.05, 0) is 62.7 Å². The summed E-state index contributed by atoms with van der Waals surface area (Å²) in [5, 5.41) is 2.81. The summed E-state index contributed by atoms with van der Waals surface area (Å²) in [6, 6.07) is 14.6. The van der Waals surface area contributed by atoms with Crippen LogP contribution in [0.5, 0.6) is 0 Å². The third-order valence-corrected chi connectivity index (χ3v) is 7.34. The van der Waals surface area contributed by atoms with Gasteiger partial charge in [-0.3, -0.25) is 4.90 Å². The van der Waals surface area contributed by atoms with Crippen LogP contribution in [0.4, 0.5) is 0 Å². The van der Waals surface area contributed by atoms with Crippen LogP contribution in [0.25, 0.3) is 10.9 Å². The third kappa shape index (κ3) is 4.23. The highest BCUT2D eigenvalue weighted by atomic mass is 35.5. The number of fused-ring (bicyclic) bond motifs is 1. The number of likely N-dealkylation sites (tertiary alicyclic amines) is 1. The first-order chi connectivity index (χ1) is 13.7. The Hall–Kier alpha value is -1.13. The summed E-state index contributed by atoms with van der Waals surface area (Å²) in [4.78, 5) is 3.71. The van der Waals surface area contributed by atoms with E-state index in [0.717, 1.165) is 28.8 Å². The molecule has 0 radical (unpaired) electrons. The zero-order valence-electron chi connectivity index (χ0n) is 16.3. The minimum Gasteiger partial charge on any atom is -0.344 e. The van der Waals surface area contributed by atoms with E-state index in [0.29, 0.717) is 5.02 Å². The molecule has 0 amide bonds. The smallest absolute Gasteiger partial charge is 0.0556 e. The summed E-state index contributed by atoms with van der Waals surface area (Å²) >= 11 is 14.3. The van der Waals surface area contributed by atoms with Crippen LogP contribution in [-0.2, 0) is 18.8 Å². The summed E-state index contributed by atoms with van der Waals surface area (Å²) in [5.74, 6) is 0.910. The molecule has 1 aliphatic heterocycles. The van der Waals surface area contributed by atoms with Gasteiger partial charge in [0.2, 0.25) is 0 Å². The van der Waals surface area contributed by atoms with Crippen LogP contribution < -0.4 is 0 Å². The maximum atomic E-state index is 6.42. The standard InChI is InChI=1S/C23H26Cl2N2S/c1-2-27-21-9-5-4-8-18(21)19(15-26-12-6-3-7-13-26)22(27)16-28-23-11-10-17(24)14-20(23)25/h4-5,8-11,14H,2-3,6-7,12-13,15-16H2,1H3. The molecule has 2 aromatic carbocycles. The highest BCUT2D eigenvalue weighted by Gasteiger charge is 2.20. The van der Waals surface area contributed by atoms with Gasteiger partial charge < -0.3 is 4.57 Å². The minimum absolute atomic E-state index is 0.683. The SMILES string of the molecule is CCn1c(CSc2ccc(Cl)cc2Cl)c(CN2CCCCC2)c2ccccc21. The van der Waals surface area contributed by atoms with Gasteiger partial charge >= 0.3 is 0 Å². The van der Waals surface area contributed by atoms with Crippen LogP contribution in [0.2, 0.25) is 10.0 Å². The number of hydrogen-bond donors (Lipinski definition) is 0. The highest BCUT2D eigenvalue weighted by Crippen LogP contribution is 2.36. The summed E-state index contributed by atoms with van der Waals surface area (Å²) in [7, 11) is 0. The highest BCUT2D eigenvalue weighted by molar-refractivity contribution is 7.98. The van der Waals surface area contributed by atoms with E-state index in [1.807, 2.05) is 18.2 Å². The number of piperidine rings is 1. The molecule has 1 aromatic heterocycles. The van der Waals surface area contributed by atoms with Gasteiger partial charge in [0.05, 0.1) is 5.02 Å². The molecule has 0 atom stereocenters. The molecule has 0 saturated carbocycles. The molecule has 148 valence electrons. The van der Waals surface area contributed by atoms with Gasteiger partial charge in [-0.2, -0.15) is 0 Å². The maximum absolute atomic E-state index is 6.42. The lowest BCUT2D eigenvalue weighted by molar-refractivity contribution is 0.221. The predicted molar refractivity (Wildman–Crippen MR) is 123 cm³/mol. The minimum atomic E-state index is 0.683. The number of halogens is 2. The van der Waals surface area contributed by atoms with Gasteiger partial charge in [-0.15, -0.1) is 11.8 Å². The Morgan fingerprint density at radius 3 is 2.54 bits per heavy atom. The van der Waals surface area contributed by atoms with Gasteiger partial charge in [0, 0.05) is 45.4 Å². The van der Waals surface area contributed by atoms with Crippen molar-refractivity contribution >= 4 is 45.9 Å². The molecular weight excluding hydrogens is 407 g/mol. The van der Waals surface area contributed by atoms with Crippen molar-refractivity contribution < 1.29 is 0 Å². The van der Waals surface area contributed by atoms with Gasteiger partial charge in [-0.25, -0.2) is 0 Å². The summed E-state index contributed by atoms with van der Waals surface area (Å²) in [5.41, 5.74) is 4.25. The Morgan fingerprint density at radius 2 is 1.79 bits per heavy atom. The zero-order chi connectivity index (χ0) is 19.5. The average molecular weight is 433 g/mol. The van der Waals surface area contributed by atoms with Crippen molar-refractivity contribution in [2.45, 2.75) is 49.9 Å². The molecular formula is C23H26Cl2N2S. The van der Waals surface area contributed by atoms with E-state index in [1.54, 1.807) is 11.8 Å². The van der Waals surface area contributed by atoms with Crippen LogP contribution in [0.1, 0.15) is 37.4 Å². The Labute approximate surface area is 181 Å². The van der Waals surface area contributed by atoms with Gasteiger partial charge in [0.25, 0.3) is 0 Å². The maximum Gasteiger partial charge on any atom is 0.0556 e. The molecule has 28 heavy (non-hydrogen) atoms. The third-order valence-electron chi connectivity index (χ3n) is 5.60. The number of para-hydroxylation sites is 1. The Bertz CT molecular complexity index is 961. The lowest BCUT2D eigenvalue weighted by atomic mass is 10.1. The molecule has 0 aliphatic carbocycles. The summed E-state index contributed by atoms with van der Waals surface area (Å²) < 4.78 is 2.48. The normalized spacial score (nSPS) is 15.4. The molecule has 2 heterocycles. The fourth-order valence-corrected chi connectivity index (χ4v) is 5.77. The van der Waals surface area contributed by atoms with Crippen LogP contribution in [0, 0.1) is 0 Å². The van der Waals surface area contributed by atoms with Gasteiger partial charge in [0.15, 0.2) is 0 Å². The van der Waals surface area contributed by atoms with Crippen molar-refractivity contribution in [1.29, 1.82) is 0 Å². The van der Waals surface area contributed by atoms with E-state index in [2.05, 4.69) is 40.7 Å². The fraction of sp³-hybridized carbons (Fsp3) is 0.391. The molecule has 2 nitrogen and oxygen atoms in total. The van der Waals surface area contributed by atoms with E-state index >= 15 is 0 Å². The fourth-order valence-electron chi connectivity index (χ4n) is 4.21. The van der Waals surface area contributed by atoms with Crippen molar-refractivity contribution in [3.63, 3.8) is 0 Å². The van der Waals surface area contributed by atoms with Crippen molar-refractivity contribution in [2.24, 2.45) is 0 Å². The molecule has 1 saturated heterocycles. The molecule has 1 fully saturated rings. The van der Waals surface area contributed by atoms with Gasteiger partial charge in [0.1, 0.15) is 0 Å². The van der Waals surface area contributed by atoms with E-state index in [4.69, 9.17) is 23.2 Å². The Kier molecular flexibility index (Phi) is 6.57. The number of rotatable bonds is 6. The topological polar surface area (TPSA) is 8.17 Å². The average Bonchev–Trinajstić information content (AvgIpc) is 3.01. The molecule has 1 aliphatic rings. The molecule has 4 rings (SSSR count). The molecule has 5 heteroatoms. The van der Waals surface area contributed by atoms with E-state index in [-0.39, 0.29) is 0 Å². The summed E-state index contributed by atoms with van der Waals surface area (Å²) in [6.45, 7) is 6.67. The number of aryl methyl sites for hydroxylation is 1. The number of benzene rings is 2. The lowest BCUT2D eigenvalue weighted by Crippen LogP contribution is -2.29. The monoisotopic (exact) mass is 432 g/mol. The first kappa shape index (κ1) is 20.2. The van der Waals surface area contributed by atoms with Crippen molar-refractivity contribution in [3.05, 3.63) is 63.8 Å². The zero-order valence-corrected chi connectivity index (χ0v) is 18.6. The molecule has 3 aromatic rings. The van der Waals surface area contributed by atoms with Crippen LogP contribution in [0.3, 0.4) is 0 Å². The van der Waals surface area contributed by atoms with Crippen molar-refractivity contribution in [3.8, 4) is 0 Å². The second-order valence-corrected chi connectivity index (χ2v) is 9.25. The Morgan fingerprint density at radius 1 is 1.00 bits per heavy atom. The summed E-state index contributed by atoms with van der Waals surface area (Å²) in [6.07, 6.45) is 4.00. The lowest BCUT2D eigenvalue weighted by Gasteiger charge is -2.27. The quantitative estimate of drug-likeness (QED) is 0.379. The number of nitrogens with zero attached hydrogens (tertiary/aromatic N) is 2. The van der Waals surface area contributed by atoms with Crippen LogP contribution in [0.15, 0.2) is 47.4 Å². The number of hydrogen-bond acceptors (Lipinski definition) is 2. The Balaban J connectivity index is 1.69. The van der Waals surface area contributed by atoms with Crippen LogP contribution in [-0.4, -0.2) is 22.6 Å². The first-order valence-electron chi connectivity index (χ1n) is 10.1.